The van der Waals surface area contributed by atoms with Crippen LogP contribution in [0.15, 0.2) is 0 Å². The van der Waals surface area contributed by atoms with E-state index in [9.17, 15) is 15.3 Å². The van der Waals surface area contributed by atoms with E-state index < -0.39 is 40.4 Å². The van der Waals surface area contributed by atoms with Gasteiger partial charge in [-0.3, -0.25) is 5.41 Å². The van der Waals surface area contributed by atoms with Crippen LogP contribution in [0.5, 0.6) is 0 Å². The summed E-state index contributed by atoms with van der Waals surface area (Å²) in [5.74, 6) is -0.745. The summed E-state index contributed by atoms with van der Waals surface area (Å²) in [4.78, 5) is 0. The molecule has 100 valence electrons. The predicted molar refractivity (Wildman–Crippen MR) is 61.5 cm³/mol. The largest absolute Gasteiger partial charge is 0.445 e. The van der Waals surface area contributed by atoms with Crippen LogP contribution >= 0.6 is 34.8 Å². The maximum atomic E-state index is 9.55. The normalized spacial score (nSPS) is 35.7. The van der Waals surface area contributed by atoms with Crippen LogP contribution in [0.3, 0.4) is 0 Å². The first-order valence-corrected chi connectivity index (χ1v) is 5.80. The fourth-order valence-electron chi connectivity index (χ4n) is 1.35. The first-order chi connectivity index (χ1) is 7.64. The molecule has 0 aromatic rings. The van der Waals surface area contributed by atoms with Crippen LogP contribution in [-0.2, 0) is 9.47 Å². The molecule has 6 nitrogen and oxygen atoms in total. The van der Waals surface area contributed by atoms with Gasteiger partial charge in [0.15, 0.2) is 0 Å². The molecule has 1 rings (SSSR count). The molecule has 1 fully saturated rings. The Labute approximate surface area is 112 Å². The van der Waals surface area contributed by atoms with Gasteiger partial charge in [0, 0.05) is 0 Å². The van der Waals surface area contributed by atoms with Gasteiger partial charge in [-0.25, -0.2) is 0 Å². The number of aliphatic hydroxyl groups is 3. The van der Waals surface area contributed by atoms with E-state index in [4.69, 9.17) is 49.7 Å². The van der Waals surface area contributed by atoms with Gasteiger partial charge < -0.3 is 24.8 Å². The molecule has 1 unspecified atom stereocenters. The van der Waals surface area contributed by atoms with Gasteiger partial charge in [0.05, 0.1) is 6.10 Å². The van der Waals surface area contributed by atoms with Crippen molar-refractivity contribution in [2.24, 2.45) is 0 Å². The van der Waals surface area contributed by atoms with Crippen molar-refractivity contribution in [1.82, 2.24) is 0 Å². The van der Waals surface area contributed by atoms with Crippen molar-refractivity contribution < 1.29 is 24.8 Å². The van der Waals surface area contributed by atoms with E-state index in [1.165, 1.54) is 6.92 Å². The van der Waals surface area contributed by atoms with Crippen molar-refractivity contribution in [3.05, 3.63) is 0 Å². The summed E-state index contributed by atoms with van der Waals surface area (Å²) in [7, 11) is 0. The molecule has 1 saturated heterocycles. The van der Waals surface area contributed by atoms with Gasteiger partial charge >= 0.3 is 0 Å². The number of hydrogen-bond acceptors (Lipinski definition) is 6. The van der Waals surface area contributed by atoms with Gasteiger partial charge in [-0.1, -0.05) is 34.8 Å². The molecule has 4 N–H and O–H groups in total. The quantitative estimate of drug-likeness (QED) is 0.331. The minimum Gasteiger partial charge on any atom is -0.445 e. The minimum absolute atomic E-state index is 0.745. The molecule has 0 aliphatic carbocycles. The SMILES string of the molecule is C[C@H](O)[C@H]1OC(OC(=N)C(Cl)(Cl)Cl)[C@@H](O)[C@@H]1O. The number of aliphatic hydroxyl groups excluding tert-OH is 3. The maximum absolute atomic E-state index is 9.55. The van der Waals surface area contributed by atoms with E-state index in [0.29, 0.717) is 0 Å². The number of rotatable bonds is 2. The van der Waals surface area contributed by atoms with E-state index in [1.807, 2.05) is 0 Å². The molecule has 0 aromatic heterocycles. The Balaban J connectivity index is 2.66. The average Bonchev–Trinajstić information content (AvgIpc) is 2.44. The van der Waals surface area contributed by atoms with Crippen molar-refractivity contribution >= 4 is 40.7 Å². The summed E-state index contributed by atoms with van der Waals surface area (Å²) in [6, 6.07) is 0. The lowest BCUT2D eigenvalue weighted by molar-refractivity contribution is -0.136. The summed E-state index contributed by atoms with van der Waals surface area (Å²) < 4.78 is 7.72. The first-order valence-electron chi connectivity index (χ1n) is 4.66. The van der Waals surface area contributed by atoms with Crippen LogP contribution < -0.4 is 0 Å². The Morgan fingerprint density at radius 3 is 2.24 bits per heavy atom. The van der Waals surface area contributed by atoms with Crippen LogP contribution in [0.1, 0.15) is 6.92 Å². The van der Waals surface area contributed by atoms with Gasteiger partial charge in [-0.15, -0.1) is 0 Å². The smallest absolute Gasteiger partial charge is 0.265 e. The molecular formula is C8H12Cl3NO5. The third kappa shape index (κ3) is 3.57. The van der Waals surface area contributed by atoms with E-state index >= 15 is 0 Å². The van der Waals surface area contributed by atoms with E-state index in [2.05, 4.69) is 0 Å². The highest BCUT2D eigenvalue weighted by molar-refractivity contribution is 6.76. The minimum atomic E-state index is -2.09. The van der Waals surface area contributed by atoms with Crippen molar-refractivity contribution in [3.8, 4) is 0 Å². The summed E-state index contributed by atoms with van der Waals surface area (Å²) in [5, 5.41) is 35.6. The molecule has 0 amide bonds. The second-order valence-corrected chi connectivity index (χ2v) is 5.92. The summed E-state index contributed by atoms with van der Waals surface area (Å²) in [5.41, 5.74) is 0. The molecule has 0 spiro atoms. The predicted octanol–water partition coefficient (Wildman–Crippen LogP) is 0.178. The zero-order valence-corrected chi connectivity index (χ0v) is 10.9. The second-order valence-electron chi connectivity index (χ2n) is 3.64. The van der Waals surface area contributed by atoms with Crippen molar-refractivity contribution in [1.29, 1.82) is 5.41 Å². The Morgan fingerprint density at radius 2 is 1.88 bits per heavy atom. The summed E-state index contributed by atoms with van der Waals surface area (Å²) >= 11 is 16.1. The molecule has 0 aromatic carbocycles. The molecule has 0 bridgehead atoms. The van der Waals surface area contributed by atoms with Gasteiger partial charge in [0.25, 0.3) is 3.79 Å². The Kier molecular flexibility index (Phi) is 4.88. The first kappa shape index (κ1) is 15.2. The zero-order chi connectivity index (χ0) is 13.4. The Bertz CT molecular complexity index is 295. The van der Waals surface area contributed by atoms with Crippen molar-refractivity contribution in [2.45, 2.75) is 41.4 Å². The number of alkyl halides is 3. The van der Waals surface area contributed by atoms with Crippen molar-refractivity contribution in [2.75, 3.05) is 0 Å². The highest BCUT2D eigenvalue weighted by Crippen LogP contribution is 2.31. The van der Waals surface area contributed by atoms with E-state index in [1.54, 1.807) is 0 Å². The van der Waals surface area contributed by atoms with E-state index in [0.717, 1.165) is 0 Å². The molecule has 1 aliphatic heterocycles. The third-order valence-corrected chi connectivity index (χ3v) is 2.74. The van der Waals surface area contributed by atoms with Gasteiger partial charge in [0.1, 0.15) is 18.3 Å². The fourth-order valence-corrected chi connectivity index (χ4v) is 1.48. The van der Waals surface area contributed by atoms with Crippen LogP contribution in [0.4, 0.5) is 0 Å². The summed E-state index contributed by atoms with van der Waals surface area (Å²) in [6.45, 7) is 1.38. The molecule has 5 atom stereocenters. The number of nitrogens with one attached hydrogen (secondary N) is 1. The lowest BCUT2D eigenvalue weighted by Crippen LogP contribution is -2.38. The monoisotopic (exact) mass is 307 g/mol. The Hall–Kier alpha value is 0.180. The topological polar surface area (TPSA) is 103 Å². The number of hydrogen-bond donors (Lipinski definition) is 4. The second kappa shape index (κ2) is 5.44. The van der Waals surface area contributed by atoms with Crippen LogP contribution in [-0.4, -0.2) is 55.7 Å². The van der Waals surface area contributed by atoms with Crippen LogP contribution in [0, 0.1) is 5.41 Å². The highest BCUT2D eigenvalue weighted by Gasteiger charge is 2.47. The lowest BCUT2D eigenvalue weighted by atomic mass is 10.1. The van der Waals surface area contributed by atoms with Crippen LogP contribution in [0.25, 0.3) is 0 Å². The van der Waals surface area contributed by atoms with Crippen LogP contribution in [0.2, 0.25) is 0 Å². The molecular weight excluding hydrogens is 296 g/mol. The molecule has 1 aliphatic rings. The number of halogens is 3. The van der Waals surface area contributed by atoms with E-state index in [-0.39, 0.29) is 0 Å². The molecule has 1 heterocycles. The Morgan fingerprint density at radius 1 is 1.35 bits per heavy atom. The van der Waals surface area contributed by atoms with Gasteiger partial charge in [0.2, 0.25) is 12.2 Å². The lowest BCUT2D eigenvalue weighted by Gasteiger charge is -2.20. The zero-order valence-electron chi connectivity index (χ0n) is 8.68. The fraction of sp³-hybridized carbons (Fsp3) is 0.875. The molecule has 0 radical (unpaired) electrons. The average molecular weight is 309 g/mol. The number of ether oxygens (including phenoxy) is 2. The molecule has 0 saturated carbocycles. The maximum Gasteiger partial charge on any atom is 0.265 e. The summed E-state index contributed by atoms with van der Waals surface area (Å²) in [6.07, 6.45) is -6.20. The highest BCUT2D eigenvalue weighted by atomic mass is 35.6. The van der Waals surface area contributed by atoms with Crippen molar-refractivity contribution in [3.63, 3.8) is 0 Å². The van der Waals surface area contributed by atoms with Gasteiger partial charge in [-0.2, -0.15) is 0 Å². The molecule has 17 heavy (non-hydrogen) atoms. The third-order valence-electron chi connectivity index (χ3n) is 2.22. The van der Waals surface area contributed by atoms with Gasteiger partial charge in [-0.05, 0) is 6.92 Å². The standard InChI is InChI=1S/C8H12Cl3NO5/c1-2(13)5-3(14)4(15)6(16-5)17-7(12)8(9,10)11/h2-6,12-15H,1H3/t2-,3-,4-,5+,6?/m0/s1. The molecule has 9 heteroatoms.